The third-order valence-corrected chi connectivity index (χ3v) is 4.94. The van der Waals surface area contributed by atoms with Crippen molar-refractivity contribution in [1.82, 2.24) is 14.8 Å². The van der Waals surface area contributed by atoms with E-state index in [4.69, 9.17) is 0 Å². The number of hydrogen-bond acceptors (Lipinski definition) is 4. The Bertz CT molecular complexity index is 715. The topological polar surface area (TPSA) is 39.7 Å². The maximum Gasteiger partial charge on any atom is 0.253 e. The second kappa shape index (κ2) is 8.32. The SMILES string of the molecule is CN(C)Cc1ccc(C(=O)N(C)[C@H]2CCCN(c3ccccn3)C2)cc1. The van der Waals surface area contributed by atoms with Crippen molar-refractivity contribution in [2.45, 2.75) is 25.4 Å². The lowest BCUT2D eigenvalue weighted by Gasteiger charge is -2.38. The average molecular weight is 352 g/mol. The van der Waals surface area contributed by atoms with Crippen molar-refractivity contribution in [3.63, 3.8) is 0 Å². The van der Waals surface area contributed by atoms with E-state index in [0.717, 1.165) is 43.9 Å². The molecule has 1 fully saturated rings. The van der Waals surface area contributed by atoms with E-state index in [-0.39, 0.29) is 11.9 Å². The number of likely N-dealkylation sites (N-methyl/N-ethyl adjacent to an activating group) is 1. The molecule has 5 heteroatoms. The van der Waals surface area contributed by atoms with Gasteiger partial charge in [0.05, 0.1) is 0 Å². The van der Waals surface area contributed by atoms with E-state index in [1.165, 1.54) is 5.56 Å². The molecular weight excluding hydrogens is 324 g/mol. The number of hydrogen-bond donors (Lipinski definition) is 0. The zero-order chi connectivity index (χ0) is 18.5. The maximum absolute atomic E-state index is 12.9. The van der Waals surface area contributed by atoms with Crippen LogP contribution in [0.25, 0.3) is 0 Å². The molecule has 0 bridgehead atoms. The van der Waals surface area contributed by atoms with Crippen molar-refractivity contribution in [1.29, 1.82) is 0 Å². The van der Waals surface area contributed by atoms with Gasteiger partial charge in [0.25, 0.3) is 5.91 Å². The van der Waals surface area contributed by atoms with Crippen LogP contribution in [0.15, 0.2) is 48.7 Å². The van der Waals surface area contributed by atoms with Crippen molar-refractivity contribution in [2.24, 2.45) is 0 Å². The summed E-state index contributed by atoms with van der Waals surface area (Å²) < 4.78 is 0. The molecule has 0 N–H and O–H groups in total. The van der Waals surface area contributed by atoms with Gasteiger partial charge in [-0.25, -0.2) is 4.98 Å². The Balaban J connectivity index is 1.66. The number of anilines is 1. The van der Waals surface area contributed by atoms with E-state index in [0.29, 0.717) is 0 Å². The first-order valence-electron chi connectivity index (χ1n) is 9.21. The van der Waals surface area contributed by atoms with Crippen LogP contribution in [-0.2, 0) is 6.54 Å². The number of carbonyl (C=O) groups excluding carboxylic acids is 1. The van der Waals surface area contributed by atoms with Crippen molar-refractivity contribution in [3.05, 3.63) is 59.8 Å². The number of pyridine rings is 1. The molecule has 26 heavy (non-hydrogen) atoms. The van der Waals surface area contributed by atoms with Gasteiger partial charge in [0.1, 0.15) is 5.82 Å². The van der Waals surface area contributed by atoms with Crippen molar-refractivity contribution < 1.29 is 4.79 Å². The highest BCUT2D eigenvalue weighted by molar-refractivity contribution is 5.94. The van der Waals surface area contributed by atoms with Crippen molar-refractivity contribution >= 4 is 11.7 Å². The number of rotatable bonds is 5. The predicted molar refractivity (Wildman–Crippen MR) is 105 cm³/mol. The molecule has 1 saturated heterocycles. The van der Waals surface area contributed by atoms with Crippen molar-refractivity contribution in [3.8, 4) is 0 Å². The van der Waals surface area contributed by atoms with E-state index in [1.807, 2.05) is 74.7 Å². The highest BCUT2D eigenvalue weighted by Crippen LogP contribution is 2.21. The highest BCUT2D eigenvalue weighted by atomic mass is 16.2. The molecule has 1 amide bonds. The minimum Gasteiger partial charge on any atom is -0.355 e. The molecule has 1 aliphatic rings. The number of amides is 1. The molecule has 0 unspecified atom stereocenters. The normalized spacial score (nSPS) is 17.4. The molecule has 1 atom stereocenters. The van der Waals surface area contributed by atoms with E-state index in [2.05, 4.69) is 14.8 Å². The van der Waals surface area contributed by atoms with Crippen molar-refractivity contribution in [2.75, 3.05) is 39.1 Å². The van der Waals surface area contributed by atoms with E-state index in [1.54, 1.807) is 0 Å². The quantitative estimate of drug-likeness (QED) is 0.830. The fourth-order valence-electron chi connectivity index (χ4n) is 3.51. The van der Waals surface area contributed by atoms with E-state index >= 15 is 0 Å². The predicted octanol–water partition coefficient (Wildman–Crippen LogP) is 2.88. The molecule has 0 saturated carbocycles. The molecule has 3 rings (SSSR count). The van der Waals surface area contributed by atoms with E-state index < -0.39 is 0 Å². The summed E-state index contributed by atoms with van der Waals surface area (Å²) in [5.41, 5.74) is 1.97. The summed E-state index contributed by atoms with van der Waals surface area (Å²) in [6, 6.07) is 14.2. The van der Waals surface area contributed by atoms with Gasteiger partial charge in [-0.05, 0) is 56.8 Å². The fourth-order valence-corrected chi connectivity index (χ4v) is 3.51. The zero-order valence-electron chi connectivity index (χ0n) is 15.9. The van der Waals surface area contributed by atoms with Gasteiger partial charge in [-0.1, -0.05) is 18.2 Å². The Labute approximate surface area is 156 Å². The monoisotopic (exact) mass is 352 g/mol. The average Bonchev–Trinajstić information content (AvgIpc) is 2.68. The Hall–Kier alpha value is -2.40. The first-order chi connectivity index (χ1) is 12.5. The first kappa shape index (κ1) is 18.4. The summed E-state index contributed by atoms with van der Waals surface area (Å²) in [5, 5.41) is 0. The van der Waals surface area contributed by atoms with Crippen LogP contribution in [0.2, 0.25) is 0 Å². The summed E-state index contributed by atoms with van der Waals surface area (Å²) in [4.78, 5) is 23.6. The van der Waals surface area contributed by atoms with Crippen LogP contribution >= 0.6 is 0 Å². The molecule has 1 aliphatic heterocycles. The summed E-state index contributed by atoms with van der Waals surface area (Å²) in [7, 11) is 6.01. The van der Waals surface area contributed by atoms with Gasteiger partial charge in [0, 0.05) is 44.5 Å². The number of benzene rings is 1. The minimum atomic E-state index is 0.0919. The van der Waals surface area contributed by atoms with Crippen LogP contribution in [0.4, 0.5) is 5.82 Å². The van der Waals surface area contributed by atoms with Gasteiger partial charge in [0.15, 0.2) is 0 Å². The molecule has 0 spiro atoms. The molecule has 5 nitrogen and oxygen atoms in total. The van der Waals surface area contributed by atoms with Gasteiger partial charge in [-0.2, -0.15) is 0 Å². The molecular formula is C21H28N4O. The van der Waals surface area contributed by atoms with Gasteiger partial charge in [0.2, 0.25) is 0 Å². The first-order valence-corrected chi connectivity index (χ1v) is 9.21. The fraction of sp³-hybridized carbons (Fsp3) is 0.429. The Morgan fingerprint density at radius 3 is 2.58 bits per heavy atom. The third-order valence-electron chi connectivity index (χ3n) is 4.94. The number of piperidine rings is 1. The van der Waals surface area contributed by atoms with Crippen LogP contribution in [0.1, 0.15) is 28.8 Å². The molecule has 0 aliphatic carbocycles. The molecule has 0 radical (unpaired) electrons. The summed E-state index contributed by atoms with van der Waals surface area (Å²) in [6.07, 6.45) is 3.92. The lowest BCUT2D eigenvalue weighted by Crippen LogP contribution is -2.48. The molecule has 138 valence electrons. The molecule has 1 aromatic heterocycles. The minimum absolute atomic E-state index is 0.0919. The van der Waals surface area contributed by atoms with E-state index in [9.17, 15) is 4.79 Å². The van der Waals surface area contributed by atoms with Crippen LogP contribution < -0.4 is 4.90 Å². The summed E-state index contributed by atoms with van der Waals surface area (Å²) in [5.74, 6) is 1.08. The molecule has 2 heterocycles. The van der Waals surface area contributed by atoms with Gasteiger partial charge in [-0.15, -0.1) is 0 Å². The van der Waals surface area contributed by atoms with Crippen LogP contribution in [0.3, 0.4) is 0 Å². The Kier molecular flexibility index (Phi) is 5.89. The lowest BCUT2D eigenvalue weighted by atomic mass is 10.0. The summed E-state index contributed by atoms with van der Waals surface area (Å²) in [6.45, 7) is 2.71. The molecule has 1 aromatic carbocycles. The lowest BCUT2D eigenvalue weighted by molar-refractivity contribution is 0.0717. The van der Waals surface area contributed by atoms with Gasteiger partial charge >= 0.3 is 0 Å². The van der Waals surface area contributed by atoms with Crippen LogP contribution in [0.5, 0.6) is 0 Å². The highest BCUT2D eigenvalue weighted by Gasteiger charge is 2.27. The number of aromatic nitrogens is 1. The standard InChI is InChI=1S/C21H28N4O/c1-23(2)15-17-9-11-18(12-10-17)21(26)24(3)19-7-6-14-25(16-19)20-8-4-5-13-22-20/h4-5,8-13,19H,6-7,14-16H2,1-3H3/t19-/m0/s1. The van der Waals surface area contributed by atoms with Crippen LogP contribution in [0, 0.1) is 0 Å². The maximum atomic E-state index is 12.9. The zero-order valence-corrected chi connectivity index (χ0v) is 15.9. The van der Waals surface area contributed by atoms with Gasteiger partial charge in [-0.3, -0.25) is 4.79 Å². The Morgan fingerprint density at radius 2 is 1.92 bits per heavy atom. The largest absolute Gasteiger partial charge is 0.355 e. The number of nitrogens with zero attached hydrogens (tertiary/aromatic N) is 4. The van der Waals surface area contributed by atoms with Crippen LogP contribution in [-0.4, -0.2) is 61.0 Å². The molecule has 2 aromatic rings. The second-order valence-corrected chi connectivity index (χ2v) is 7.28. The summed E-state index contributed by atoms with van der Waals surface area (Å²) >= 11 is 0. The smallest absolute Gasteiger partial charge is 0.253 e. The Morgan fingerprint density at radius 1 is 1.15 bits per heavy atom. The van der Waals surface area contributed by atoms with Gasteiger partial charge < -0.3 is 14.7 Å². The second-order valence-electron chi connectivity index (χ2n) is 7.28. The number of carbonyl (C=O) groups is 1. The third kappa shape index (κ3) is 4.41.